The van der Waals surface area contributed by atoms with Gasteiger partial charge < -0.3 is 59.8 Å². The number of aryl methyl sites for hydroxylation is 2. The van der Waals surface area contributed by atoms with Gasteiger partial charge in [-0.1, -0.05) is 30.7 Å². The van der Waals surface area contributed by atoms with Crippen LogP contribution in [-0.2, 0) is 31.8 Å². The molecule has 0 aromatic heterocycles. The van der Waals surface area contributed by atoms with Crippen LogP contribution in [0.25, 0.3) is 0 Å². The monoisotopic (exact) mass is 594 g/mol. The maximum atomic E-state index is 10.7. The van der Waals surface area contributed by atoms with Crippen molar-refractivity contribution in [2.45, 2.75) is 93.3 Å². The van der Waals surface area contributed by atoms with E-state index in [4.69, 9.17) is 18.9 Å². The third-order valence-corrected chi connectivity index (χ3v) is 7.87. The van der Waals surface area contributed by atoms with Crippen LogP contribution in [0.3, 0.4) is 0 Å². The fraction of sp³-hybridized carbons (Fsp3) is 0.600. The van der Waals surface area contributed by atoms with Crippen molar-refractivity contribution in [1.29, 1.82) is 0 Å². The van der Waals surface area contributed by atoms with Gasteiger partial charge in [0.25, 0.3) is 0 Å². The quantitative estimate of drug-likeness (QED) is 0.137. The number of unbranched alkanes of at least 4 members (excludes halogenated alkanes) is 1. The summed E-state index contributed by atoms with van der Waals surface area (Å²) in [5.74, 6) is 0.374. The van der Waals surface area contributed by atoms with Crippen LogP contribution in [-0.4, -0.2) is 115 Å². The summed E-state index contributed by atoms with van der Waals surface area (Å²) in [6.45, 7) is -1.46. The molecule has 2 heterocycles. The summed E-state index contributed by atoms with van der Waals surface area (Å²) in [7, 11) is 0. The van der Waals surface area contributed by atoms with Crippen molar-refractivity contribution in [1.82, 2.24) is 0 Å². The number of aliphatic hydroxyl groups excluding tert-OH is 5. The van der Waals surface area contributed by atoms with Crippen LogP contribution in [0.5, 0.6) is 11.5 Å². The molecular weight excluding hydrogens is 552 g/mol. The van der Waals surface area contributed by atoms with Crippen LogP contribution in [0.2, 0.25) is 0 Å². The van der Waals surface area contributed by atoms with Gasteiger partial charge in [0.15, 0.2) is 12.6 Å². The van der Waals surface area contributed by atoms with Crippen LogP contribution in [0.15, 0.2) is 48.5 Å². The molecule has 2 aliphatic heterocycles. The molecule has 0 spiro atoms. The molecule has 0 saturated carbocycles. The predicted molar refractivity (Wildman–Crippen MR) is 147 cm³/mol. The number of hydrogen-bond acceptors (Lipinski definition) is 12. The highest BCUT2D eigenvalue weighted by Gasteiger charge is 2.50. The van der Waals surface area contributed by atoms with Gasteiger partial charge in [-0.05, 0) is 67.5 Å². The summed E-state index contributed by atoms with van der Waals surface area (Å²) >= 11 is 0. The minimum absolute atomic E-state index is 0.164. The molecule has 2 aliphatic rings. The van der Waals surface area contributed by atoms with E-state index in [0.717, 1.165) is 30.4 Å². The van der Waals surface area contributed by atoms with Crippen LogP contribution in [0.1, 0.15) is 36.8 Å². The molecule has 2 saturated heterocycles. The molecule has 0 unspecified atom stereocenters. The van der Waals surface area contributed by atoms with Crippen LogP contribution in [0.4, 0.5) is 0 Å². The van der Waals surface area contributed by atoms with E-state index < -0.39 is 55.3 Å². The number of hydrogen-bond donors (Lipinski definition) is 8. The van der Waals surface area contributed by atoms with E-state index in [0.29, 0.717) is 19.3 Å². The Labute approximate surface area is 244 Å². The second-order valence-electron chi connectivity index (χ2n) is 11.1. The highest BCUT2D eigenvalue weighted by molar-refractivity contribution is 5.26. The van der Waals surface area contributed by atoms with E-state index in [2.05, 4.69) is 0 Å². The fourth-order valence-corrected chi connectivity index (χ4v) is 5.12. The summed E-state index contributed by atoms with van der Waals surface area (Å²) in [4.78, 5) is 0. The van der Waals surface area contributed by atoms with Crippen molar-refractivity contribution >= 4 is 0 Å². The highest BCUT2D eigenvalue weighted by Crippen LogP contribution is 2.29. The van der Waals surface area contributed by atoms with Crippen molar-refractivity contribution in [3.05, 3.63) is 59.7 Å². The Balaban J connectivity index is 1.36. The van der Waals surface area contributed by atoms with Gasteiger partial charge in [-0.15, -0.1) is 0 Å². The lowest BCUT2D eigenvalue weighted by molar-refractivity contribution is -0.319. The lowest BCUT2D eigenvalue weighted by Crippen LogP contribution is -2.60. The van der Waals surface area contributed by atoms with Crippen molar-refractivity contribution in [2.75, 3.05) is 19.8 Å². The van der Waals surface area contributed by atoms with E-state index in [1.807, 2.05) is 24.3 Å². The third kappa shape index (κ3) is 8.38. The van der Waals surface area contributed by atoms with Crippen molar-refractivity contribution in [2.24, 2.45) is 0 Å². The second-order valence-corrected chi connectivity index (χ2v) is 11.1. The summed E-state index contributed by atoms with van der Waals surface area (Å²) in [5.41, 5.74) is 0.190. The molecule has 234 valence electrons. The highest BCUT2D eigenvalue weighted by atomic mass is 16.7. The maximum absolute atomic E-state index is 10.7. The molecule has 9 atom stereocenters. The van der Waals surface area contributed by atoms with Gasteiger partial charge in [0, 0.05) is 0 Å². The van der Waals surface area contributed by atoms with E-state index in [9.17, 15) is 40.9 Å². The van der Waals surface area contributed by atoms with Gasteiger partial charge >= 0.3 is 0 Å². The molecule has 0 radical (unpaired) electrons. The number of benzene rings is 2. The second kappa shape index (κ2) is 14.9. The van der Waals surface area contributed by atoms with E-state index >= 15 is 0 Å². The first-order valence-electron chi connectivity index (χ1n) is 14.2. The number of ether oxygens (including phenoxy) is 4. The van der Waals surface area contributed by atoms with Crippen molar-refractivity contribution in [3.63, 3.8) is 0 Å². The molecule has 42 heavy (non-hydrogen) atoms. The molecule has 12 heteroatoms. The molecule has 4 rings (SSSR count). The molecule has 2 fully saturated rings. The molecular formula is C30H42O12. The van der Waals surface area contributed by atoms with E-state index in [1.54, 1.807) is 24.3 Å². The zero-order valence-electron chi connectivity index (χ0n) is 23.3. The fourth-order valence-electron chi connectivity index (χ4n) is 5.12. The van der Waals surface area contributed by atoms with Gasteiger partial charge in [0.2, 0.25) is 0 Å². The summed E-state index contributed by atoms with van der Waals surface area (Å²) in [5, 5.41) is 80.5. The Hall–Kier alpha value is -2.36. The zero-order chi connectivity index (χ0) is 30.3. The number of aliphatic hydroxyl groups is 6. The Morgan fingerprint density at radius 1 is 0.786 bits per heavy atom. The predicted octanol–water partition coefficient (Wildman–Crippen LogP) is 0.0934. The Morgan fingerprint density at radius 3 is 2.00 bits per heavy atom. The van der Waals surface area contributed by atoms with Crippen LogP contribution < -0.4 is 0 Å². The van der Waals surface area contributed by atoms with Gasteiger partial charge in [0.05, 0.1) is 25.9 Å². The van der Waals surface area contributed by atoms with Crippen molar-refractivity contribution in [3.8, 4) is 11.5 Å². The molecule has 0 bridgehead atoms. The van der Waals surface area contributed by atoms with Crippen molar-refractivity contribution < 1.29 is 59.8 Å². The average Bonchev–Trinajstić information content (AvgIpc) is 3.28. The first kappa shape index (κ1) is 32.6. The number of rotatable bonds is 14. The van der Waals surface area contributed by atoms with Gasteiger partial charge in [0.1, 0.15) is 47.6 Å². The zero-order valence-corrected chi connectivity index (χ0v) is 23.3. The van der Waals surface area contributed by atoms with E-state index in [1.165, 1.54) is 0 Å². The minimum Gasteiger partial charge on any atom is -0.508 e. The third-order valence-electron chi connectivity index (χ3n) is 7.87. The number of aromatic hydroxyl groups is 2. The largest absolute Gasteiger partial charge is 0.508 e. The normalized spacial score (nSPS) is 32.2. The Kier molecular flexibility index (Phi) is 11.5. The van der Waals surface area contributed by atoms with Crippen LogP contribution in [0, 0.1) is 0 Å². The summed E-state index contributed by atoms with van der Waals surface area (Å²) in [6, 6.07) is 13.9. The minimum atomic E-state index is -1.88. The smallest absolute Gasteiger partial charge is 0.186 e. The molecule has 0 amide bonds. The molecule has 8 N–H and O–H groups in total. The lowest BCUT2D eigenvalue weighted by Gasteiger charge is -2.41. The van der Waals surface area contributed by atoms with Gasteiger partial charge in [-0.25, -0.2) is 0 Å². The SMILES string of the molecule is OC[C@@]1(O)CO[C@H](OC[C@H]2O[C@@H](O[C@H](CCCCc3ccc(O)cc3)CCc3ccc(O)cc3)[C@H](O)[C@@H](O)[C@@H]2O)[C@@H]1O. The first-order valence-corrected chi connectivity index (χ1v) is 14.2. The molecule has 2 aromatic rings. The van der Waals surface area contributed by atoms with Crippen LogP contribution >= 0.6 is 0 Å². The first-order chi connectivity index (χ1) is 20.1. The molecule has 0 aliphatic carbocycles. The Bertz CT molecular complexity index is 1080. The maximum Gasteiger partial charge on any atom is 0.186 e. The van der Waals surface area contributed by atoms with Gasteiger partial charge in [-0.3, -0.25) is 0 Å². The van der Waals surface area contributed by atoms with Gasteiger partial charge in [-0.2, -0.15) is 0 Å². The van der Waals surface area contributed by atoms with E-state index in [-0.39, 0.29) is 30.8 Å². The average molecular weight is 595 g/mol. The Morgan fingerprint density at radius 2 is 1.40 bits per heavy atom. The number of phenols is 2. The summed E-state index contributed by atoms with van der Waals surface area (Å²) in [6.07, 6.45) is -6.13. The topological polar surface area (TPSA) is 199 Å². The molecule has 12 nitrogen and oxygen atoms in total. The molecule has 2 aromatic carbocycles. The standard InChI is InChI=1S/C30H42O12/c31-16-30(38)17-40-29(27(30)37)39-15-23-24(34)25(35)26(36)28(42-23)41-22(14-9-19-7-12-21(33)13-8-19)4-2-1-3-18-5-10-20(32)11-6-18/h5-8,10-13,22-29,31-38H,1-4,9,14-17H2/t22-,23-,24-,25+,26-,27+,28-,29+,30-/m1/s1. The summed E-state index contributed by atoms with van der Waals surface area (Å²) < 4.78 is 22.7. The number of phenolic OH excluding ortho intramolecular Hbond substituents is 2. The lowest BCUT2D eigenvalue weighted by atomic mass is 9.98.